The van der Waals surface area contributed by atoms with Crippen LogP contribution in [0.25, 0.3) is 0 Å². The highest BCUT2D eigenvalue weighted by atomic mass is 32.2. The van der Waals surface area contributed by atoms with Gasteiger partial charge in [0.25, 0.3) is 10.0 Å². The molecular formula is C11H19N3O5S. The van der Waals surface area contributed by atoms with Crippen molar-refractivity contribution in [1.82, 2.24) is 14.5 Å². The standard InChI is InChI=1S/C11H19N3O5S/c1-3-4-5-14(6-7-15)20(18,19)10-9(11(16)17)8(2)12-13-10/h15H,3-7H2,1-2H3,(H,12,13)(H,16,17). The van der Waals surface area contributed by atoms with Gasteiger partial charge >= 0.3 is 5.97 Å². The van der Waals surface area contributed by atoms with Crippen LogP contribution in [0.2, 0.25) is 0 Å². The van der Waals surface area contributed by atoms with E-state index in [4.69, 9.17) is 10.2 Å². The van der Waals surface area contributed by atoms with Crippen molar-refractivity contribution < 1.29 is 23.4 Å². The fourth-order valence-electron chi connectivity index (χ4n) is 1.77. The topological polar surface area (TPSA) is 124 Å². The maximum atomic E-state index is 12.4. The molecule has 0 saturated carbocycles. The monoisotopic (exact) mass is 305 g/mol. The maximum absolute atomic E-state index is 12.4. The van der Waals surface area contributed by atoms with E-state index in [1.807, 2.05) is 6.92 Å². The molecule has 0 bridgehead atoms. The molecule has 0 aromatic carbocycles. The third-order valence-electron chi connectivity index (χ3n) is 2.82. The molecule has 20 heavy (non-hydrogen) atoms. The van der Waals surface area contributed by atoms with Crippen molar-refractivity contribution in [2.24, 2.45) is 0 Å². The van der Waals surface area contributed by atoms with Crippen LogP contribution in [-0.4, -0.2) is 58.8 Å². The van der Waals surface area contributed by atoms with Crippen LogP contribution in [0.3, 0.4) is 0 Å². The fourth-order valence-corrected chi connectivity index (χ4v) is 3.36. The quantitative estimate of drug-likeness (QED) is 0.630. The molecule has 0 radical (unpaired) electrons. The Morgan fingerprint density at radius 2 is 2.05 bits per heavy atom. The van der Waals surface area contributed by atoms with Crippen molar-refractivity contribution in [2.75, 3.05) is 19.7 Å². The molecule has 3 N–H and O–H groups in total. The van der Waals surface area contributed by atoms with Crippen molar-refractivity contribution in [1.29, 1.82) is 0 Å². The average molecular weight is 305 g/mol. The minimum absolute atomic E-state index is 0.0900. The lowest BCUT2D eigenvalue weighted by atomic mass is 10.3. The van der Waals surface area contributed by atoms with E-state index in [1.54, 1.807) is 0 Å². The second-order valence-corrected chi connectivity index (χ2v) is 6.17. The van der Waals surface area contributed by atoms with Crippen LogP contribution in [0.15, 0.2) is 5.03 Å². The Kier molecular flexibility index (Phi) is 5.66. The molecule has 1 heterocycles. The zero-order valence-corrected chi connectivity index (χ0v) is 12.3. The van der Waals surface area contributed by atoms with Gasteiger partial charge < -0.3 is 10.2 Å². The van der Waals surface area contributed by atoms with Crippen LogP contribution in [0.5, 0.6) is 0 Å². The zero-order chi connectivity index (χ0) is 15.3. The number of sulfonamides is 1. The number of carboxylic acid groups (broad SMARTS) is 1. The normalized spacial score (nSPS) is 12.0. The van der Waals surface area contributed by atoms with Crippen LogP contribution >= 0.6 is 0 Å². The maximum Gasteiger partial charge on any atom is 0.340 e. The first kappa shape index (κ1) is 16.6. The van der Waals surface area contributed by atoms with E-state index in [0.717, 1.165) is 10.7 Å². The number of carbonyl (C=O) groups is 1. The van der Waals surface area contributed by atoms with Crippen LogP contribution in [0, 0.1) is 6.92 Å². The van der Waals surface area contributed by atoms with Gasteiger partial charge in [0.15, 0.2) is 0 Å². The number of aromatic amines is 1. The van der Waals surface area contributed by atoms with Crippen molar-refractivity contribution in [3.63, 3.8) is 0 Å². The minimum atomic E-state index is -4.04. The molecule has 1 aromatic rings. The number of hydrogen-bond donors (Lipinski definition) is 3. The summed E-state index contributed by atoms with van der Waals surface area (Å²) in [6.07, 6.45) is 1.40. The van der Waals surface area contributed by atoms with E-state index in [1.165, 1.54) is 6.92 Å². The first-order chi connectivity index (χ1) is 9.36. The average Bonchev–Trinajstić information content (AvgIpc) is 2.77. The molecule has 1 rings (SSSR count). The summed E-state index contributed by atoms with van der Waals surface area (Å²) in [5, 5.41) is 23.5. The highest BCUT2D eigenvalue weighted by Crippen LogP contribution is 2.20. The Morgan fingerprint density at radius 3 is 2.55 bits per heavy atom. The Balaban J connectivity index is 3.22. The summed E-state index contributed by atoms with van der Waals surface area (Å²) >= 11 is 0. The molecule has 0 spiro atoms. The second kappa shape index (κ2) is 6.82. The smallest absolute Gasteiger partial charge is 0.340 e. The third-order valence-corrected chi connectivity index (χ3v) is 4.65. The number of H-pyrrole nitrogens is 1. The largest absolute Gasteiger partial charge is 0.478 e. The van der Waals surface area contributed by atoms with E-state index >= 15 is 0 Å². The lowest BCUT2D eigenvalue weighted by Crippen LogP contribution is -2.35. The molecule has 1 aromatic heterocycles. The molecular weight excluding hydrogens is 286 g/mol. The van der Waals surface area contributed by atoms with Gasteiger partial charge in [0.1, 0.15) is 5.56 Å². The van der Waals surface area contributed by atoms with Gasteiger partial charge in [0, 0.05) is 18.8 Å². The van der Waals surface area contributed by atoms with Crippen LogP contribution < -0.4 is 0 Å². The molecule has 0 amide bonds. The lowest BCUT2D eigenvalue weighted by molar-refractivity contribution is 0.0691. The van der Waals surface area contributed by atoms with Gasteiger partial charge in [-0.2, -0.15) is 9.40 Å². The first-order valence-corrected chi connectivity index (χ1v) is 7.69. The minimum Gasteiger partial charge on any atom is -0.478 e. The molecule has 0 unspecified atom stereocenters. The summed E-state index contributed by atoms with van der Waals surface area (Å²) in [5.41, 5.74) is -0.181. The number of rotatable bonds is 8. The van der Waals surface area contributed by atoms with E-state index in [-0.39, 0.29) is 31.0 Å². The van der Waals surface area contributed by atoms with Gasteiger partial charge in [-0.25, -0.2) is 13.2 Å². The first-order valence-electron chi connectivity index (χ1n) is 6.25. The second-order valence-electron chi connectivity index (χ2n) is 4.32. The molecule has 0 saturated heterocycles. The molecule has 0 aliphatic heterocycles. The Hall–Kier alpha value is -1.45. The zero-order valence-electron chi connectivity index (χ0n) is 11.5. The van der Waals surface area contributed by atoms with Crippen molar-refractivity contribution >= 4 is 16.0 Å². The number of unbranched alkanes of at least 4 members (excludes halogenated alkanes) is 1. The summed E-state index contributed by atoms with van der Waals surface area (Å²) in [7, 11) is -4.04. The van der Waals surface area contributed by atoms with Crippen LogP contribution in [0.4, 0.5) is 0 Å². The van der Waals surface area contributed by atoms with E-state index in [2.05, 4.69) is 10.2 Å². The Bertz CT molecular complexity index is 567. The summed E-state index contributed by atoms with van der Waals surface area (Å²) in [4.78, 5) is 11.2. The number of aryl methyl sites for hydroxylation is 1. The molecule has 114 valence electrons. The summed E-state index contributed by atoms with van der Waals surface area (Å²) in [6.45, 7) is 3.13. The Morgan fingerprint density at radius 1 is 1.40 bits per heavy atom. The van der Waals surface area contributed by atoms with E-state index < -0.39 is 21.0 Å². The number of aliphatic hydroxyl groups excluding tert-OH is 1. The van der Waals surface area contributed by atoms with Crippen molar-refractivity contribution in [2.45, 2.75) is 31.7 Å². The van der Waals surface area contributed by atoms with Crippen molar-refractivity contribution in [3.8, 4) is 0 Å². The summed E-state index contributed by atoms with van der Waals surface area (Å²) < 4.78 is 25.9. The van der Waals surface area contributed by atoms with Crippen molar-refractivity contribution in [3.05, 3.63) is 11.3 Å². The number of hydrogen-bond acceptors (Lipinski definition) is 5. The number of aliphatic hydroxyl groups is 1. The molecule has 0 aliphatic rings. The molecule has 0 fully saturated rings. The van der Waals surface area contributed by atoms with Gasteiger partial charge in [-0.3, -0.25) is 5.10 Å². The highest BCUT2D eigenvalue weighted by molar-refractivity contribution is 7.89. The molecule has 0 aliphatic carbocycles. The predicted molar refractivity (Wildman–Crippen MR) is 71.0 cm³/mol. The lowest BCUT2D eigenvalue weighted by Gasteiger charge is -2.20. The number of aromatic nitrogens is 2. The van der Waals surface area contributed by atoms with Crippen LogP contribution in [0.1, 0.15) is 35.8 Å². The summed E-state index contributed by atoms with van der Waals surface area (Å²) in [5.74, 6) is -1.35. The van der Waals surface area contributed by atoms with Gasteiger partial charge in [0.05, 0.1) is 6.61 Å². The van der Waals surface area contributed by atoms with Gasteiger partial charge in [-0.1, -0.05) is 13.3 Å². The third kappa shape index (κ3) is 3.35. The SMILES string of the molecule is CCCCN(CCO)S(=O)(=O)c1n[nH]c(C)c1C(=O)O. The number of nitrogens with one attached hydrogen (secondary N) is 1. The van der Waals surface area contributed by atoms with Gasteiger partial charge in [-0.05, 0) is 13.3 Å². The summed E-state index contributed by atoms with van der Waals surface area (Å²) in [6, 6.07) is 0. The molecule has 0 atom stereocenters. The van der Waals surface area contributed by atoms with Crippen LogP contribution in [-0.2, 0) is 10.0 Å². The van der Waals surface area contributed by atoms with E-state index in [0.29, 0.717) is 6.42 Å². The number of aromatic carboxylic acids is 1. The van der Waals surface area contributed by atoms with Gasteiger partial charge in [0.2, 0.25) is 5.03 Å². The molecule has 8 nitrogen and oxygen atoms in total. The number of nitrogens with zero attached hydrogens (tertiary/aromatic N) is 2. The fraction of sp³-hybridized carbons (Fsp3) is 0.636. The molecule has 9 heteroatoms. The number of carboxylic acids is 1. The van der Waals surface area contributed by atoms with E-state index in [9.17, 15) is 13.2 Å². The predicted octanol–water partition coefficient (Wildman–Crippen LogP) is 0.199. The Labute approximate surface area is 117 Å². The van der Waals surface area contributed by atoms with Gasteiger partial charge in [-0.15, -0.1) is 0 Å². The highest BCUT2D eigenvalue weighted by Gasteiger charge is 2.32.